The molecule has 0 aromatic heterocycles. The average molecular weight is 456 g/mol. The number of nitrogens with one attached hydrogen (secondary N) is 1. The van der Waals surface area contributed by atoms with E-state index in [2.05, 4.69) is 32.2 Å². The molecule has 4 nitrogen and oxygen atoms in total. The third-order valence-electron chi connectivity index (χ3n) is 5.25. The first-order chi connectivity index (χ1) is 11.2. The summed E-state index contributed by atoms with van der Waals surface area (Å²) in [6.07, 6.45) is 6.64. The highest BCUT2D eigenvalue weighted by Gasteiger charge is 2.31. The highest BCUT2D eigenvalue weighted by Crippen LogP contribution is 2.43. The Kier molecular flexibility index (Phi) is 9.89. The van der Waals surface area contributed by atoms with Gasteiger partial charge in [-0.25, -0.2) is 0 Å². The van der Waals surface area contributed by atoms with Crippen molar-refractivity contribution in [2.24, 2.45) is 5.92 Å². The predicted octanol–water partition coefficient (Wildman–Crippen LogP) is 4.53. The molecule has 1 saturated heterocycles. The van der Waals surface area contributed by atoms with Gasteiger partial charge in [0.05, 0.1) is 11.6 Å². The summed E-state index contributed by atoms with van der Waals surface area (Å²) in [6.45, 7) is 4.28. The fraction of sp³-hybridized carbons (Fsp3) is 0.667. The second kappa shape index (κ2) is 10.8. The maximum absolute atomic E-state index is 10.1. The molecule has 3 rings (SSSR count). The SMILES string of the molecule is COc1cc([C@@H](C2CCCCC2)N2CCNCC2)cc(Br)c1O.Cl.Cl. The van der Waals surface area contributed by atoms with Gasteiger partial charge in [0.15, 0.2) is 11.5 Å². The zero-order chi connectivity index (χ0) is 16.2. The lowest BCUT2D eigenvalue weighted by Gasteiger charge is -2.41. The number of nitrogens with zero attached hydrogens (tertiary/aromatic N) is 1. The van der Waals surface area contributed by atoms with Gasteiger partial charge >= 0.3 is 0 Å². The van der Waals surface area contributed by atoms with Gasteiger partial charge in [0.1, 0.15) is 0 Å². The molecule has 0 bridgehead atoms. The smallest absolute Gasteiger partial charge is 0.172 e. The van der Waals surface area contributed by atoms with Crippen LogP contribution in [0.1, 0.15) is 43.7 Å². The molecule has 1 saturated carbocycles. The highest BCUT2D eigenvalue weighted by atomic mass is 79.9. The lowest BCUT2D eigenvalue weighted by molar-refractivity contribution is 0.103. The summed E-state index contributed by atoms with van der Waals surface area (Å²) in [5.41, 5.74) is 1.26. The third kappa shape index (κ3) is 5.39. The predicted molar refractivity (Wildman–Crippen MR) is 111 cm³/mol. The number of rotatable bonds is 4. The largest absolute Gasteiger partial charge is 0.503 e. The molecule has 2 aliphatic rings. The molecule has 2 fully saturated rings. The minimum Gasteiger partial charge on any atom is -0.503 e. The van der Waals surface area contributed by atoms with Crippen molar-refractivity contribution in [1.82, 2.24) is 10.2 Å². The molecule has 1 aliphatic heterocycles. The highest BCUT2D eigenvalue weighted by molar-refractivity contribution is 9.10. The Morgan fingerprint density at radius 3 is 2.40 bits per heavy atom. The molecule has 1 heterocycles. The van der Waals surface area contributed by atoms with Crippen LogP contribution >= 0.6 is 40.7 Å². The van der Waals surface area contributed by atoms with Crippen LogP contribution in [-0.4, -0.2) is 43.3 Å². The number of halogens is 3. The molecular weight excluding hydrogens is 427 g/mol. The van der Waals surface area contributed by atoms with Crippen LogP contribution in [-0.2, 0) is 0 Å². The number of piperazine rings is 1. The molecule has 1 aromatic rings. The molecule has 2 N–H and O–H groups in total. The van der Waals surface area contributed by atoms with Crippen LogP contribution in [0.25, 0.3) is 0 Å². The first-order valence-corrected chi connectivity index (χ1v) is 9.51. The van der Waals surface area contributed by atoms with Gasteiger partial charge in [-0.15, -0.1) is 24.8 Å². The van der Waals surface area contributed by atoms with Gasteiger partial charge in [-0.2, -0.15) is 0 Å². The number of phenols is 1. The molecule has 0 unspecified atom stereocenters. The van der Waals surface area contributed by atoms with Crippen LogP contribution in [0.3, 0.4) is 0 Å². The fourth-order valence-electron chi connectivity index (χ4n) is 4.11. The molecule has 1 aromatic carbocycles. The monoisotopic (exact) mass is 454 g/mol. The summed E-state index contributed by atoms with van der Waals surface area (Å²) < 4.78 is 6.11. The number of aromatic hydroxyl groups is 1. The van der Waals surface area contributed by atoms with E-state index in [1.54, 1.807) is 7.11 Å². The van der Waals surface area contributed by atoms with Crippen molar-refractivity contribution in [1.29, 1.82) is 0 Å². The van der Waals surface area contributed by atoms with Crippen molar-refractivity contribution in [3.63, 3.8) is 0 Å². The molecule has 7 heteroatoms. The number of benzene rings is 1. The maximum atomic E-state index is 10.1. The summed E-state index contributed by atoms with van der Waals surface area (Å²) in [5.74, 6) is 1.45. The molecule has 144 valence electrons. The number of phenolic OH excluding ortho intramolecular Hbond substituents is 1. The van der Waals surface area contributed by atoms with Crippen molar-refractivity contribution in [2.45, 2.75) is 38.1 Å². The number of hydrogen-bond acceptors (Lipinski definition) is 4. The van der Waals surface area contributed by atoms with E-state index in [0.29, 0.717) is 17.7 Å². The Hall–Kier alpha value is -0.200. The molecule has 25 heavy (non-hydrogen) atoms. The quantitative estimate of drug-likeness (QED) is 0.699. The Labute approximate surface area is 171 Å². The van der Waals surface area contributed by atoms with Gasteiger partial charge in [0.2, 0.25) is 0 Å². The first-order valence-electron chi connectivity index (χ1n) is 8.72. The van der Waals surface area contributed by atoms with E-state index < -0.39 is 0 Å². The normalized spacial score (nSPS) is 20.2. The standard InChI is InChI=1S/C18H27BrN2O2.2ClH/c1-23-16-12-14(11-15(19)18(16)22)17(13-5-3-2-4-6-13)21-9-7-20-8-10-21;;/h11-13,17,20,22H,2-10H2,1H3;2*1H/t17-;;/m1../s1. The van der Waals surface area contributed by atoms with Crippen LogP contribution in [0.15, 0.2) is 16.6 Å². The molecule has 1 aliphatic carbocycles. The topological polar surface area (TPSA) is 44.7 Å². The molecule has 0 spiro atoms. The lowest BCUT2D eigenvalue weighted by Crippen LogP contribution is -2.47. The third-order valence-corrected chi connectivity index (χ3v) is 5.86. The zero-order valence-electron chi connectivity index (χ0n) is 14.7. The van der Waals surface area contributed by atoms with E-state index in [0.717, 1.165) is 30.7 Å². The van der Waals surface area contributed by atoms with Gasteiger partial charge in [0.25, 0.3) is 0 Å². The maximum Gasteiger partial charge on any atom is 0.172 e. The minimum atomic E-state index is 0. The molecule has 0 amide bonds. The van der Waals surface area contributed by atoms with Crippen molar-refractivity contribution in [3.05, 3.63) is 22.2 Å². The van der Waals surface area contributed by atoms with E-state index >= 15 is 0 Å². The number of hydrogen-bond donors (Lipinski definition) is 2. The summed E-state index contributed by atoms with van der Waals surface area (Å²) >= 11 is 3.49. The summed E-state index contributed by atoms with van der Waals surface area (Å²) in [7, 11) is 1.62. The van der Waals surface area contributed by atoms with Crippen molar-refractivity contribution in [2.75, 3.05) is 33.3 Å². The molecular formula is C18H29BrCl2N2O2. The van der Waals surface area contributed by atoms with E-state index in [-0.39, 0.29) is 30.6 Å². The average Bonchev–Trinajstić information content (AvgIpc) is 2.60. The number of methoxy groups -OCH3 is 1. The van der Waals surface area contributed by atoms with Crippen LogP contribution in [0.4, 0.5) is 0 Å². The van der Waals surface area contributed by atoms with Gasteiger partial charge in [-0.1, -0.05) is 19.3 Å². The Morgan fingerprint density at radius 1 is 1.16 bits per heavy atom. The zero-order valence-corrected chi connectivity index (χ0v) is 17.9. The van der Waals surface area contributed by atoms with E-state index in [9.17, 15) is 5.11 Å². The fourth-order valence-corrected chi connectivity index (χ4v) is 4.57. The molecule has 1 atom stereocenters. The van der Waals surface area contributed by atoms with Crippen LogP contribution in [0, 0.1) is 5.92 Å². The molecule has 0 radical (unpaired) electrons. The Bertz CT molecular complexity index is 518. The van der Waals surface area contributed by atoms with Gasteiger partial charge in [-0.3, -0.25) is 4.90 Å². The summed E-state index contributed by atoms with van der Waals surface area (Å²) in [6, 6.07) is 4.53. The van der Waals surface area contributed by atoms with Crippen LogP contribution < -0.4 is 10.1 Å². The van der Waals surface area contributed by atoms with Gasteiger partial charge < -0.3 is 15.2 Å². The van der Waals surface area contributed by atoms with E-state index in [1.165, 1.54) is 37.7 Å². The summed E-state index contributed by atoms with van der Waals surface area (Å²) in [5, 5.41) is 13.6. The lowest BCUT2D eigenvalue weighted by atomic mass is 9.80. The number of ether oxygens (including phenoxy) is 1. The van der Waals surface area contributed by atoms with Crippen LogP contribution in [0.5, 0.6) is 11.5 Å². The first kappa shape index (κ1) is 22.8. The Balaban J connectivity index is 0.00000156. The Morgan fingerprint density at radius 2 is 1.80 bits per heavy atom. The van der Waals surface area contributed by atoms with Crippen molar-refractivity contribution < 1.29 is 9.84 Å². The van der Waals surface area contributed by atoms with Gasteiger partial charge in [-0.05, 0) is 52.4 Å². The van der Waals surface area contributed by atoms with Crippen LogP contribution in [0.2, 0.25) is 0 Å². The van der Waals surface area contributed by atoms with Gasteiger partial charge in [0, 0.05) is 32.2 Å². The minimum absolute atomic E-state index is 0. The van der Waals surface area contributed by atoms with E-state index in [4.69, 9.17) is 4.74 Å². The summed E-state index contributed by atoms with van der Waals surface area (Å²) in [4.78, 5) is 2.62. The second-order valence-electron chi connectivity index (χ2n) is 6.68. The second-order valence-corrected chi connectivity index (χ2v) is 7.54. The van der Waals surface area contributed by atoms with E-state index in [1.807, 2.05) is 6.07 Å². The van der Waals surface area contributed by atoms with Crippen molar-refractivity contribution >= 4 is 40.7 Å². The van der Waals surface area contributed by atoms with Crippen molar-refractivity contribution in [3.8, 4) is 11.5 Å².